The van der Waals surface area contributed by atoms with E-state index < -0.39 is 0 Å². The van der Waals surface area contributed by atoms with Gasteiger partial charge in [0.25, 0.3) is 0 Å². The Balaban J connectivity index is 1.83. The Morgan fingerprint density at radius 1 is 1.58 bits per heavy atom. The van der Waals surface area contributed by atoms with Gasteiger partial charge in [-0.25, -0.2) is 0 Å². The number of nitrogens with zero attached hydrogens (tertiary/aromatic N) is 3. The van der Waals surface area contributed by atoms with E-state index in [0.717, 1.165) is 25.7 Å². The van der Waals surface area contributed by atoms with Gasteiger partial charge < -0.3 is 10.5 Å². The largest absolute Gasteiger partial charge is 0.380 e. The quantitative estimate of drug-likeness (QED) is 0.716. The van der Waals surface area contributed by atoms with E-state index in [1.54, 1.807) is 0 Å². The maximum atomic E-state index is 5.93. The van der Waals surface area contributed by atoms with E-state index in [2.05, 4.69) is 24.0 Å². The van der Waals surface area contributed by atoms with E-state index in [-0.39, 0.29) is 6.04 Å². The highest BCUT2D eigenvalue weighted by Crippen LogP contribution is 2.28. The van der Waals surface area contributed by atoms with Gasteiger partial charge in [-0.3, -0.25) is 9.58 Å². The number of ether oxygens (including phenoxy) is 1. The molecular formula is C14H26N4O. The van der Waals surface area contributed by atoms with Crippen molar-refractivity contribution in [3.05, 3.63) is 17.5 Å². The maximum Gasteiger partial charge on any atom is 0.0593 e. The molecule has 1 aliphatic carbocycles. The van der Waals surface area contributed by atoms with Crippen molar-refractivity contribution in [3.8, 4) is 0 Å². The van der Waals surface area contributed by atoms with Gasteiger partial charge in [0.1, 0.15) is 0 Å². The lowest BCUT2D eigenvalue weighted by molar-refractivity contribution is 0.0921. The molecule has 1 aromatic rings. The van der Waals surface area contributed by atoms with Crippen LogP contribution in [0.15, 0.2) is 6.20 Å². The number of aromatic nitrogens is 2. The monoisotopic (exact) mass is 266 g/mol. The summed E-state index contributed by atoms with van der Waals surface area (Å²) in [6.45, 7) is 5.30. The summed E-state index contributed by atoms with van der Waals surface area (Å²) in [6.07, 6.45) is 4.61. The SMILES string of the molecule is Cc1c(C(CN)N(C)CCOCC2CC2)cnn1C. The Morgan fingerprint density at radius 3 is 2.84 bits per heavy atom. The van der Waals surface area contributed by atoms with Crippen molar-refractivity contribution < 1.29 is 4.74 Å². The van der Waals surface area contributed by atoms with Gasteiger partial charge in [0, 0.05) is 38.0 Å². The molecule has 0 aromatic carbocycles. The molecular weight excluding hydrogens is 240 g/mol. The van der Waals surface area contributed by atoms with Gasteiger partial charge in [0.15, 0.2) is 0 Å². The normalized spacial score (nSPS) is 17.1. The van der Waals surface area contributed by atoms with Gasteiger partial charge in [-0.2, -0.15) is 5.10 Å². The van der Waals surface area contributed by atoms with Crippen LogP contribution in [0.1, 0.15) is 30.1 Å². The molecule has 0 radical (unpaired) electrons. The Labute approximate surface area is 115 Å². The molecule has 0 aliphatic heterocycles. The van der Waals surface area contributed by atoms with Crippen LogP contribution in [0.5, 0.6) is 0 Å². The molecule has 1 unspecified atom stereocenters. The third-order valence-electron chi connectivity index (χ3n) is 4.03. The Hall–Kier alpha value is -0.910. The first kappa shape index (κ1) is 14.5. The summed E-state index contributed by atoms with van der Waals surface area (Å²) < 4.78 is 7.59. The van der Waals surface area contributed by atoms with Gasteiger partial charge in [0.05, 0.1) is 18.8 Å². The zero-order valence-electron chi connectivity index (χ0n) is 12.3. The van der Waals surface area contributed by atoms with Gasteiger partial charge >= 0.3 is 0 Å². The summed E-state index contributed by atoms with van der Waals surface area (Å²) in [5, 5.41) is 4.30. The van der Waals surface area contributed by atoms with Crippen LogP contribution in [-0.4, -0.2) is 48.0 Å². The van der Waals surface area contributed by atoms with Crippen LogP contribution < -0.4 is 5.73 Å². The Bertz CT molecular complexity index is 400. The fourth-order valence-corrected chi connectivity index (χ4v) is 2.29. The van der Waals surface area contributed by atoms with Crippen molar-refractivity contribution >= 4 is 0 Å². The molecule has 0 amide bonds. The van der Waals surface area contributed by atoms with Gasteiger partial charge in [-0.15, -0.1) is 0 Å². The molecule has 1 fully saturated rings. The predicted octanol–water partition coefficient (Wildman–Crippen LogP) is 1.09. The van der Waals surface area contributed by atoms with Crippen LogP contribution in [0.25, 0.3) is 0 Å². The number of aryl methyl sites for hydroxylation is 1. The van der Waals surface area contributed by atoms with E-state index in [0.29, 0.717) is 6.54 Å². The zero-order valence-corrected chi connectivity index (χ0v) is 12.3. The smallest absolute Gasteiger partial charge is 0.0593 e. The second kappa shape index (κ2) is 6.50. The summed E-state index contributed by atoms with van der Waals surface area (Å²) >= 11 is 0. The molecule has 0 bridgehead atoms. The zero-order chi connectivity index (χ0) is 13.8. The number of nitrogens with two attached hydrogens (primary N) is 1. The highest BCUT2D eigenvalue weighted by atomic mass is 16.5. The van der Waals surface area contributed by atoms with Gasteiger partial charge in [0.2, 0.25) is 0 Å². The minimum atomic E-state index is 0.221. The van der Waals surface area contributed by atoms with Crippen molar-refractivity contribution in [1.82, 2.24) is 14.7 Å². The molecule has 0 saturated heterocycles. The van der Waals surface area contributed by atoms with Crippen LogP contribution >= 0.6 is 0 Å². The molecule has 19 heavy (non-hydrogen) atoms. The molecule has 5 heteroatoms. The standard InChI is InChI=1S/C14H26N4O/c1-11-13(9-16-18(11)3)14(8-15)17(2)6-7-19-10-12-4-5-12/h9,12,14H,4-8,10,15H2,1-3H3. The first-order valence-corrected chi connectivity index (χ1v) is 7.10. The van der Waals surface area contributed by atoms with E-state index in [9.17, 15) is 0 Å². The molecule has 2 N–H and O–H groups in total. The third-order valence-corrected chi connectivity index (χ3v) is 4.03. The second-order valence-corrected chi connectivity index (χ2v) is 5.56. The number of rotatable bonds is 8. The van der Waals surface area contributed by atoms with E-state index in [1.165, 1.54) is 24.1 Å². The molecule has 1 saturated carbocycles. The number of hydrogen-bond donors (Lipinski definition) is 1. The van der Waals surface area contributed by atoms with Gasteiger partial charge in [-0.05, 0) is 32.7 Å². The summed E-state index contributed by atoms with van der Waals surface area (Å²) in [5.74, 6) is 0.830. The van der Waals surface area contributed by atoms with Crippen molar-refractivity contribution in [2.45, 2.75) is 25.8 Å². The highest BCUT2D eigenvalue weighted by molar-refractivity contribution is 5.20. The number of hydrogen-bond acceptors (Lipinski definition) is 4. The Morgan fingerprint density at radius 2 is 2.32 bits per heavy atom. The molecule has 1 atom stereocenters. The summed E-state index contributed by atoms with van der Waals surface area (Å²) in [7, 11) is 4.07. The van der Waals surface area contributed by atoms with E-state index >= 15 is 0 Å². The van der Waals surface area contributed by atoms with Crippen LogP contribution in [0, 0.1) is 12.8 Å². The first-order valence-electron chi connectivity index (χ1n) is 7.10. The van der Waals surface area contributed by atoms with Crippen molar-refractivity contribution in [1.29, 1.82) is 0 Å². The topological polar surface area (TPSA) is 56.3 Å². The van der Waals surface area contributed by atoms with Crippen LogP contribution in [-0.2, 0) is 11.8 Å². The molecule has 5 nitrogen and oxygen atoms in total. The average Bonchev–Trinajstić information content (AvgIpc) is 3.17. The van der Waals surface area contributed by atoms with Crippen LogP contribution in [0.4, 0.5) is 0 Å². The van der Waals surface area contributed by atoms with Crippen molar-refractivity contribution in [2.75, 3.05) is 33.4 Å². The molecule has 2 rings (SSSR count). The fourth-order valence-electron chi connectivity index (χ4n) is 2.29. The second-order valence-electron chi connectivity index (χ2n) is 5.56. The molecule has 1 aromatic heterocycles. The summed E-state index contributed by atoms with van der Waals surface area (Å²) in [4.78, 5) is 2.26. The van der Waals surface area contributed by atoms with Crippen molar-refractivity contribution in [3.63, 3.8) is 0 Å². The van der Waals surface area contributed by atoms with Crippen molar-refractivity contribution in [2.24, 2.45) is 18.7 Å². The molecule has 0 spiro atoms. The van der Waals surface area contributed by atoms with Crippen LogP contribution in [0.2, 0.25) is 0 Å². The molecule has 108 valence electrons. The van der Waals surface area contributed by atoms with Gasteiger partial charge in [-0.1, -0.05) is 0 Å². The lowest BCUT2D eigenvalue weighted by Crippen LogP contribution is -2.33. The number of likely N-dealkylation sites (N-methyl/N-ethyl adjacent to an activating group) is 1. The summed E-state index contributed by atoms with van der Waals surface area (Å²) in [5.41, 5.74) is 8.33. The molecule has 1 heterocycles. The lowest BCUT2D eigenvalue weighted by atomic mass is 10.1. The lowest BCUT2D eigenvalue weighted by Gasteiger charge is -2.26. The minimum Gasteiger partial charge on any atom is -0.380 e. The fraction of sp³-hybridized carbons (Fsp3) is 0.786. The molecule has 1 aliphatic rings. The predicted molar refractivity (Wildman–Crippen MR) is 75.9 cm³/mol. The average molecular weight is 266 g/mol. The maximum absolute atomic E-state index is 5.93. The van der Waals surface area contributed by atoms with E-state index in [1.807, 2.05) is 17.9 Å². The Kier molecular flexibility index (Phi) is 4.96. The van der Waals surface area contributed by atoms with E-state index in [4.69, 9.17) is 10.5 Å². The van der Waals surface area contributed by atoms with Crippen LogP contribution in [0.3, 0.4) is 0 Å². The highest BCUT2D eigenvalue weighted by Gasteiger charge is 2.22. The summed E-state index contributed by atoms with van der Waals surface area (Å²) in [6, 6.07) is 0.221. The third kappa shape index (κ3) is 3.78. The first-order chi connectivity index (χ1) is 9.13. The minimum absolute atomic E-state index is 0.221.